The molecule has 0 radical (unpaired) electrons. The lowest BCUT2D eigenvalue weighted by atomic mass is 10.1. The maximum absolute atomic E-state index is 12.1. The summed E-state index contributed by atoms with van der Waals surface area (Å²) in [6.07, 6.45) is 0. The molecule has 0 unspecified atom stereocenters. The van der Waals surface area contributed by atoms with E-state index in [1.807, 2.05) is 0 Å². The Morgan fingerprint density at radius 3 is 2.38 bits per heavy atom. The summed E-state index contributed by atoms with van der Waals surface area (Å²) in [4.78, 5) is 22.9. The average Bonchev–Trinajstić information content (AvgIpc) is 2.45. The third-order valence-electron chi connectivity index (χ3n) is 2.84. The van der Waals surface area contributed by atoms with Gasteiger partial charge in [0.25, 0.3) is 5.91 Å². The summed E-state index contributed by atoms with van der Waals surface area (Å²) in [5.41, 5.74) is 1.39. The molecule has 0 aliphatic heterocycles. The fraction of sp³-hybridized carbons (Fsp3) is 0.0667. The summed E-state index contributed by atoms with van der Waals surface area (Å²) in [7, 11) is 0. The third-order valence-corrected chi connectivity index (χ3v) is 3.82. The average molecular weight is 369 g/mol. The van der Waals surface area contributed by atoms with Crippen LogP contribution in [0.2, 0.25) is 5.02 Å². The van der Waals surface area contributed by atoms with E-state index in [1.165, 1.54) is 12.1 Å². The predicted octanol–water partition coefficient (Wildman–Crippen LogP) is 3.73. The number of hydrogen-bond acceptors (Lipinski definition) is 2. The molecule has 0 saturated heterocycles. The minimum absolute atomic E-state index is 0.207. The molecule has 0 aliphatic rings. The number of benzene rings is 2. The standard InChI is InChI=1S/C15H11BrClNO3/c16-11-2-1-3-12(17)13(11)14(19)18-8-9-4-6-10(7-5-9)15(20)21/h1-7H,8H2,(H,18,19)(H,20,21). The summed E-state index contributed by atoms with van der Waals surface area (Å²) < 4.78 is 0.619. The Morgan fingerprint density at radius 1 is 1.14 bits per heavy atom. The fourth-order valence-electron chi connectivity index (χ4n) is 1.75. The molecule has 4 nitrogen and oxygen atoms in total. The van der Waals surface area contributed by atoms with Crippen molar-refractivity contribution in [2.45, 2.75) is 6.54 Å². The van der Waals surface area contributed by atoms with Crippen LogP contribution in [0.1, 0.15) is 26.3 Å². The summed E-state index contributed by atoms with van der Waals surface area (Å²) in [6, 6.07) is 11.4. The predicted molar refractivity (Wildman–Crippen MR) is 83.7 cm³/mol. The van der Waals surface area contributed by atoms with E-state index in [9.17, 15) is 9.59 Å². The summed E-state index contributed by atoms with van der Waals surface area (Å²) in [5.74, 6) is -1.28. The second-order valence-corrected chi connectivity index (χ2v) is 5.54. The largest absolute Gasteiger partial charge is 0.478 e. The van der Waals surface area contributed by atoms with Crippen LogP contribution in [-0.4, -0.2) is 17.0 Å². The molecular formula is C15H11BrClNO3. The van der Waals surface area contributed by atoms with Crippen molar-refractivity contribution in [2.24, 2.45) is 0 Å². The van der Waals surface area contributed by atoms with Crippen LogP contribution in [-0.2, 0) is 6.54 Å². The Bertz CT molecular complexity index is 666. The van der Waals surface area contributed by atoms with Crippen LogP contribution in [0.4, 0.5) is 0 Å². The molecule has 2 rings (SSSR count). The van der Waals surface area contributed by atoms with Gasteiger partial charge in [-0.25, -0.2) is 4.79 Å². The van der Waals surface area contributed by atoms with Gasteiger partial charge in [0, 0.05) is 11.0 Å². The van der Waals surface area contributed by atoms with Crippen molar-refractivity contribution in [3.05, 3.63) is 68.7 Å². The smallest absolute Gasteiger partial charge is 0.335 e. The zero-order valence-corrected chi connectivity index (χ0v) is 13.1. The van der Waals surface area contributed by atoms with Gasteiger partial charge in [-0.15, -0.1) is 0 Å². The van der Waals surface area contributed by atoms with Crippen molar-refractivity contribution in [1.82, 2.24) is 5.32 Å². The first-order chi connectivity index (χ1) is 9.99. The van der Waals surface area contributed by atoms with Crippen molar-refractivity contribution >= 4 is 39.4 Å². The highest BCUT2D eigenvalue weighted by Gasteiger charge is 2.13. The molecule has 2 aromatic carbocycles. The Labute approximate surface area is 134 Å². The van der Waals surface area contributed by atoms with Crippen LogP contribution in [0, 0.1) is 0 Å². The highest BCUT2D eigenvalue weighted by Crippen LogP contribution is 2.24. The number of carboxylic acids is 1. The third kappa shape index (κ3) is 3.83. The zero-order chi connectivity index (χ0) is 15.4. The van der Waals surface area contributed by atoms with Gasteiger partial charge in [0.05, 0.1) is 16.1 Å². The molecule has 2 aromatic rings. The van der Waals surface area contributed by atoms with E-state index >= 15 is 0 Å². The van der Waals surface area contributed by atoms with Crippen LogP contribution in [0.25, 0.3) is 0 Å². The first-order valence-electron chi connectivity index (χ1n) is 6.03. The van der Waals surface area contributed by atoms with E-state index in [0.29, 0.717) is 15.1 Å². The lowest BCUT2D eigenvalue weighted by Crippen LogP contribution is -2.23. The quantitative estimate of drug-likeness (QED) is 0.864. The first-order valence-corrected chi connectivity index (χ1v) is 7.20. The van der Waals surface area contributed by atoms with Crippen LogP contribution < -0.4 is 5.32 Å². The van der Waals surface area contributed by atoms with Crippen molar-refractivity contribution < 1.29 is 14.7 Å². The summed E-state index contributed by atoms with van der Waals surface area (Å²) >= 11 is 9.29. The number of hydrogen-bond donors (Lipinski definition) is 2. The Hall–Kier alpha value is -1.85. The lowest BCUT2D eigenvalue weighted by Gasteiger charge is -2.08. The molecule has 21 heavy (non-hydrogen) atoms. The van der Waals surface area contributed by atoms with E-state index in [1.54, 1.807) is 30.3 Å². The molecule has 0 fully saturated rings. The number of carbonyl (C=O) groups is 2. The molecular weight excluding hydrogens is 358 g/mol. The first kappa shape index (κ1) is 15.5. The van der Waals surface area contributed by atoms with Gasteiger partial charge in [-0.05, 0) is 45.8 Å². The van der Waals surface area contributed by atoms with Crippen molar-refractivity contribution in [3.8, 4) is 0 Å². The second-order valence-electron chi connectivity index (χ2n) is 4.28. The molecule has 0 spiro atoms. The van der Waals surface area contributed by atoms with Crippen LogP contribution in [0.3, 0.4) is 0 Å². The molecule has 2 N–H and O–H groups in total. The molecule has 1 amide bonds. The molecule has 0 bridgehead atoms. The molecule has 108 valence electrons. The van der Waals surface area contributed by atoms with Gasteiger partial charge >= 0.3 is 5.97 Å². The number of aromatic carboxylic acids is 1. The normalized spacial score (nSPS) is 10.2. The molecule has 0 atom stereocenters. The van der Waals surface area contributed by atoms with E-state index in [4.69, 9.17) is 16.7 Å². The molecule has 0 saturated carbocycles. The van der Waals surface area contributed by atoms with E-state index in [-0.39, 0.29) is 18.0 Å². The van der Waals surface area contributed by atoms with Gasteiger partial charge in [-0.3, -0.25) is 4.79 Å². The molecule has 6 heteroatoms. The SMILES string of the molecule is O=C(O)c1ccc(CNC(=O)c2c(Cl)cccc2Br)cc1. The van der Waals surface area contributed by atoms with Crippen molar-refractivity contribution in [3.63, 3.8) is 0 Å². The number of nitrogens with one attached hydrogen (secondary N) is 1. The number of rotatable bonds is 4. The Morgan fingerprint density at radius 2 is 1.81 bits per heavy atom. The van der Waals surface area contributed by atoms with Crippen LogP contribution in [0.15, 0.2) is 46.9 Å². The number of amides is 1. The highest BCUT2D eigenvalue weighted by atomic mass is 79.9. The minimum atomic E-state index is -0.981. The van der Waals surface area contributed by atoms with Crippen molar-refractivity contribution in [1.29, 1.82) is 0 Å². The van der Waals surface area contributed by atoms with E-state index < -0.39 is 5.97 Å². The maximum Gasteiger partial charge on any atom is 0.335 e. The Kier molecular flexibility index (Phi) is 4.98. The fourth-order valence-corrected chi connectivity index (χ4v) is 2.67. The number of halogens is 2. The maximum atomic E-state index is 12.1. The minimum Gasteiger partial charge on any atom is -0.478 e. The second kappa shape index (κ2) is 6.74. The van der Waals surface area contributed by atoms with Gasteiger partial charge in [0.2, 0.25) is 0 Å². The number of carbonyl (C=O) groups excluding carboxylic acids is 1. The summed E-state index contributed by atoms with van der Waals surface area (Å²) in [5, 5.41) is 11.9. The van der Waals surface area contributed by atoms with Gasteiger partial charge in [0.15, 0.2) is 0 Å². The van der Waals surface area contributed by atoms with Gasteiger partial charge < -0.3 is 10.4 Å². The summed E-state index contributed by atoms with van der Waals surface area (Å²) in [6.45, 7) is 0.288. The van der Waals surface area contributed by atoms with Crippen molar-refractivity contribution in [2.75, 3.05) is 0 Å². The number of carboxylic acid groups (broad SMARTS) is 1. The van der Waals surface area contributed by atoms with Gasteiger partial charge in [-0.1, -0.05) is 29.8 Å². The zero-order valence-electron chi connectivity index (χ0n) is 10.8. The van der Waals surface area contributed by atoms with Crippen LogP contribution in [0.5, 0.6) is 0 Å². The van der Waals surface area contributed by atoms with Gasteiger partial charge in [0.1, 0.15) is 0 Å². The van der Waals surface area contributed by atoms with E-state index in [0.717, 1.165) is 5.56 Å². The van der Waals surface area contributed by atoms with Crippen LogP contribution >= 0.6 is 27.5 Å². The topological polar surface area (TPSA) is 66.4 Å². The molecule has 0 aliphatic carbocycles. The van der Waals surface area contributed by atoms with E-state index in [2.05, 4.69) is 21.2 Å². The Balaban J connectivity index is 2.06. The molecule has 0 aromatic heterocycles. The highest BCUT2D eigenvalue weighted by molar-refractivity contribution is 9.10. The monoisotopic (exact) mass is 367 g/mol. The van der Waals surface area contributed by atoms with Gasteiger partial charge in [-0.2, -0.15) is 0 Å². The molecule has 0 heterocycles. The lowest BCUT2D eigenvalue weighted by molar-refractivity contribution is 0.0696.